The van der Waals surface area contributed by atoms with Crippen molar-refractivity contribution in [3.63, 3.8) is 0 Å². The number of aryl methyl sites for hydroxylation is 1. The molecule has 1 aliphatic heterocycles. The van der Waals surface area contributed by atoms with Crippen molar-refractivity contribution in [1.82, 2.24) is 15.3 Å². The zero-order valence-electron chi connectivity index (χ0n) is 15.4. The molecule has 0 radical (unpaired) electrons. The van der Waals surface area contributed by atoms with Crippen LogP contribution in [0.5, 0.6) is 0 Å². The smallest absolute Gasteiger partial charge is 0.270 e. The van der Waals surface area contributed by atoms with Crippen molar-refractivity contribution in [3.8, 4) is 0 Å². The molecule has 2 aromatic carbocycles. The van der Waals surface area contributed by atoms with Crippen molar-refractivity contribution in [3.05, 3.63) is 82.6 Å². The van der Waals surface area contributed by atoms with Crippen LogP contribution in [0.3, 0.4) is 0 Å². The van der Waals surface area contributed by atoms with Crippen molar-refractivity contribution < 1.29 is 4.79 Å². The van der Waals surface area contributed by atoms with E-state index in [1.165, 1.54) is 5.56 Å². The first-order valence-electron chi connectivity index (χ1n) is 9.42. The Balaban J connectivity index is 1.44. The number of para-hydroxylation sites is 1. The Kier molecular flexibility index (Phi) is 5.53. The maximum Gasteiger partial charge on any atom is 0.270 e. The predicted molar refractivity (Wildman–Crippen MR) is 111 cm³/mol. The van der Waals surface area contributed by atoms with Gasteiger partial charge >= 0.3 is 0 Å². The molecule has 1 amide bonds. The van der Waals surface area contributed by atoms with Gasteiger partial charge in [0.1, 0.15) is 5.69 Å². The number of halogens is 1. The van der Waals surface area contributed by atoms with Crippen LogP contribution < -0.4 is 10.2 Å². The van der Waals surface area contributed by atoms with Crippen LogP contribution in [0.2, 0.25) is 5.02 Å². The summed E-state index contributed by atoms with van der Waals surface area (Å²) in [4.78, 5) is 23.5. The highest BCUT2D eigenvalue weighted by atomic mass is 35.5. The van der Waals surface area contributed by atoms with Crippen molar-refractivity contribution in [2.75, 3.05) is 18.0 Å². The zero-order valence-corrected chi connectivity index (χ0v) is 16.2. The van der Waals surface area contributed by atoms with E-state index in [2.05, 4.69) is 32.3 Å². The highest BCUT2D eigenvalue weighted by Gasteiger charge is 2.20. The van der Waals surface area contributed by atoms with Crippen molar-refractivity contribution in [2.24, 2.45) is 0 Å². The average molecular weight is 393 g/mol. The fourth-order valence-electron chi connectivity index (χ4n) is 3.41. The summed E-state index contributed by atoms with van der Waals surface area (Å²) in [7, 11) is 0. The molecule has 0 atom stereocenters. The number of hydrogen-bond acceptors (Lipinski definition) is 4. The summed E-state index contributed by atoms with van der Waals surface area (Å²) in [5.41, 5.74) is 3.91. The van der Waals surface area contributed by atoms with Gasteiger partial charge in [-0.25, -0.2) is 9.97 Å². The van der Waals surface area contributed by atoms with Gasteiger partial charge in [-0.2, -0.15) is 0 Å². The summed E-state index contributed by atoms with van der Waals surface area (Å²) in [5, 5.41) is 3.64. The van der Waals surface area contributed by atoms with Gasteiger partial charge in [0.2, 0.25) is 5.95 Å². The summed E-state index contributed by atoms with van der Waals surface area (Å²) in [6.07, 6.45) is 4.48. The van der Waals surface area contributed by atoms with Crippen LogP contribution in [-0.2, 0) is 12.8 Å². The fourth-order valence-corrected chi connectivity index (χ4v) is 3.53. The lowest BCUT2D eigenvalue weighted by atomic mass is 10.0. The predicted octanol–water partition coefficient (Wildman–Crippen LogP) is 4.19. The van der Waals surface area contributed by atoms with Crippen LogP contribution in [0.25, 0.3) is 0 Å². The zero-order chi connectivity index (χ0) is 19.3. The molecule has 0 unspecified atom stereocenters. The first kappa shape index (κ1) is 18.4. The Bertz CT molecular complexity index is 974. The van der Waals surface area contributed by atoms with Crippen LogP contribution in [0.1, 0.15) is 28.0 Å². The summed E-state index contributed by atoms with van der Waals surface area (Å²) in [5.74, 6) is 0.375. The maximum absolute atomic E-state index is 12.5. The van der Waals surface area contributed by atoms with Gasteiger partial charge in [-0.15, -0.1) is 0 Å². The highest BCUT2D eigenvalue weighted by Crippen LogP contribution is 2.31. The van der Waals surface area contributed by atoms with E-state index in [9.17, 15) is 4.79 Å². The molecule has 1 aromatic heterocycles. The molecule has 0 spiro atoms. The van der Waals surface area contributed by atoms with Crippen molar-refractivity contribution in [1.29, 1.82) is 0 Å². The molecule has 6 heteroatoms. The minimum absolute atomic E-state index is 0.192. The molecule has 5 nitrogen and oxygen atoms in total. The topological polar surface area (TPSA) is 58.1 Å². The number of nitrogens with zero attached hydrogens (tertiary/aromatic N) is 3. The molecule has 2 heterocycles. The van der Waals surface area contributed by atoms with E-state index in [1.54, 1.807) is 12.3 Å². The number of hydrogen-bond donors (Lipinski definition) is 1. The average Bonchev–Trinajstić information content (AvgIpc) is 2.75. The molecule has 3 aromatic rings. The number of amides is 1. The maximum atomic E-state index is 12.5. The van der Waals surface area contributed by atoms with E-state index >= 15 is 0 Å². The standard InChI is InChI=1S/C22H21ClN4O/c23-18-9-7-16(8-10-18)11-13-24-21(28)19-12-14-25-22(26-19)27-15-3-5-17-4-1-2-6-20(17)27/h1-2,4,6-10,12,14H,3,5,11,13,15H2,(H,24,28). The number of rotatable bonds is 5. The van der Waals surface area contributed by atoms with Gasteiger partial charge in [-0.05, 0) is 54.7 Å². The Morgan fingerprint density at radius 2 is 1.93 bits per heavy atom. The molecule has 0 saturated heterocycles. The van der Waals surface area contributed by atoms with Gasteiger partial charge in [-0.3, -0.25) is 4.79 Å². The molecule has 1 N–H and O–H groups in total. The first-order valence-corrected chi connectivity index (χ1v) is 9.79. The summed E-state index contributed by atoms with van der Waals surface area (Å²) >= 11 is 5.90. The van der Waals surface area contributed by atoms with Gasteiger partial charge in [0.15, 0.2) is 0 Å². The van der Waals surface area contributed by atoms with Crippen LogP contribution >= 0.6 is 11.6 Å². The third-order valence-corrected chi connectivity index (χ3v) is 5.09. The number of carbonyl (C=O) groups is 1. The van der Waals surface area contributed by atoms with Crippen LogP contribution in [0.4, 0.5) is 11.6 Å². The summed E-state index contributed by atoms with van der Waals surface area (Å²) in [6, 6.07) is 17.6. The minimum Gasteiger partial charge on any atom is -0.350 e. The van der Waals surface area contributed by atoms with Gasteiger partial charge < -0.3 is 10.2 Å². The highest BCUT2D eigenvalue weighted by molar-refractivity contribution is 6.30. The molecular formula is C22H21ClN4O. The second-order valence-electron chi connectivity index (χ2n) is 6.76. The van der Waals surface area contributed by atoms with E-state index in [0.29, 0.717) is 23.2 Å². The van der Waals surface area contributed by atoms with E-state index in [4.69, 9.17) is 11.6 Å². The SMILES string of the molecule is O=C(NCCc1ccc(Cl)cc1)c1ccnc(N2CCCc3ccccc32)n1. The number of anilines is 2. The second kappa shape index (κ2) is 8.40. The number of carbonyl (C=O) groups excluding carboxylic acids is 1. The van der Waals surface area contributed by atoms with Crippen LogP contribution in [0.15, 0.2) is 60.8 Å². The van der Waals surface area contributed by atoms with E-state index in [0.717, 1.165) is 37.1 Å². The van der Waals surface area contributed by atoms with Crippen LogP contribution in [-0.4, -0.2) is 29.0 Å². The molecule has 4 rings (SSSR count). The molecule has 0 aliphatic carbocycles. The van der Waals surface area contributed by atoms with Crippen LogP contribution in [0, 0.1) is 0 Å². The normalized spacial score (nSPS) is 13.1. The number of fused-ring (bicyclic) bond motifs is 1. The lowest BCUT2D eigenvalue weighted by Gasteiger charge is -2.29. The second-order valence-corrected chi connectivity index (χ2v) is 7.19. The molecule has 0 fully saturated rings. The molecule has 142 valence electrons. The quantitative estimate of drug-likeness (QED) is 0.707. The lowest BCUT2D eigenvalue weighted by Crippen LogP contribution is -2.29. The largest absolute Gasteiger partial charge is 0.350 e. The van der Waals surface area contributed by atoms with E-state index in [1.807, 2.05) is 36.4 Å². The number of nitrogens with one attached hydrogen (secondary N) is 1. The summed E-state index contributed by atoms with van der Waals surface area (Å²) < 4.78 is 0. The monoisotopic (exact) mass is 392 g/mol. The Morgan fingerprint density at radius 1 is 1.11 bits per heavy atom. The van der Waals surface area contributed by atoms with E-state index in [-0.39, 0.29) is 5.91 Å². The number of benzene rings is 2. The van der Waals surface area contributed by atoms with Gasteiger partial charge in [-0.1, -0.05) is 41.9 Å². The van der Waals surface area contributed by atoms with Gasteiger partial charge in [0.25, 0.3) is 5.91 Å². The summed E-state index contributed by atoms with van der Waals surface area (Å²) in [6.45, 7) is 1.38. The Labute approximate surface area is 169 Å². The van der Waals surface area contributed by atoms with Crippen molar-refractivity contribution in [2.45, 2.75) is 19.3 Å². The molecule has 0 bridgehead atoms. The molecule has 28 heavy (non-hydrogen) atoms. The Hall–Kier alpha value is -2.92. The minimum atomic E-state index is -0.192. The van der Waals surface area contributed by atoms with E-state index < -0.39 is 0 Å². The van der Waals surface area contributed by atoms with Gasteiger partial charge in [0.05, 0.1) is 0 Å². The first-order chi connectivity index (χ1) is 13.7. The number of aromatic nitrogens is 2. The Morgan fingerprint density at radius 3 is 2.79 bits per heavy atom. The third kappa shape index (κ3) is 4.15. The fraction of sp³-hybridized carbons (Fsp3) is 0.227. The molecule has 1 aliphatic rings. The molecular weight excluding hydrogens is 372 g/mol. The molecule has 0 saturated carbocycles. The lowest BCUT2D eigenvalue weighted by molar-refractivity contribution is 0.0949. The third-order valence-electron chi connectivity index (χ3n) is 4.84. The van der Waals surface area contributed by atoms with Crippen molar-refractivity contribution >= 4 is 29.1 Å². The van der Waals surface area contributed by atoms with Gasteiger partial charge in [0, 0.05) is 30.0 Å².